The predicted octanol–water partition coefficient (Wildman–Crippen LogP) is 3.37. The largest absolute Gasteiger partial charge is 0.0623 e. The first-order valence-electron chi connectivity index (χ1n) is 4.00. The van der Waals surface area contributed by atoms with Crippen LogP contribution in [0.5, 0.6) is 0 Å². The van der Waals surface area contributed by atoms with E-state index in [9.17, 15) is 0 Å². The zero-order valence-electron chi connectivity index (χ0n) is 7.43. The van der Waals surface area contributed by atoms with Crippen molar-refractivity contribution in [3.63, 3.8) is 0 Å². The van der Waals surface area contributed by atoms with Gasteiger partial charge in [-0.3, -0.25) is 0 Å². The van der Waals surface area contributed by atoms with Gasteiger partial charge < -0.3 is 0 Å². The summed E-state index contributed by atoms with van der Waals surface area (Å²) in [6, 6.07) is 24.0. The fourth-order valence-electron chi connectivity index (χ4n) is 0.770. The normalized spacial score (nSPS) is 7.38. The van der Waals surface area contributed by atoms with Gasteiger partial charge in [-0.1, -0.05) is 72.8 Å². The van der Waals surface area contributed by atoms with Crippen LogP contribution in [0.4, 0.5) is 0 Å². The molecule has 0 N–H and O–H groups in total. The summed E-state index contributed by atoms with van der Waals surface area (Å²) in [6.07, 6.45) is 0. The molecular formula is C12H12Ti. The minimum absolute atomic E-state index is 0. The van der Waals surface area contributed by atoms with Gasteiger partial charge in [0.2, 0.25) is 0 Å². The van der Waals surface area contributed by atoms with Gasteiger partial charge in [-0.25, -0.2) is 0 Å². The molecule has 0 aromatic heterocycles. The van der Waals surface area contributed by atoms with Crippen molar-refractivity contribution in [2.75, 3.05) is 0 Å². The molecule has 2 aromatic rings. The Balaban J connectivity index is 0.000000206. The van der Waals surface area contributed by atoms with E-state index in [1.807, 2.05) is 72.8 Å². The molecule has 0 bridgehead atoms. The molecule has 1 heteroatoms. The van der Waals surface area contributed by atoms with E-state index in [0.29, 0.717) is 0 Å². The van der Waals surface area contributed by atoms with E-state index >= 15 is 0 Å². The van der Waals surface area contributed by atoms with Crippen LogP contribution in [-0.4, -0.2) is 0 Å². The Bertz CT molecular complexity index is 181. The third kappa shape index (κ3) is 7.51. The SMILES string of the molecule is [Ti].c1ccccc1.c1ccccc1. The average Bonchev–Trinajstić information content (AvgIpc) is 2.24. The molecule has 0 radical (unpaired) electrons. The van der Waals surface area contributed by atoms with E-state index in [4.69, 9.17) is 0 Å². The number of benzene rings is 2. The molecule has 0 heterocycles. The molecule has 0 atom stereocenters. The molecule has 0 nitrogen and oxygen atoms in total. The second kappa shape index (κ2) is 9.24. The van der Waals surface area contributed by atoms with Gasteiger partial charge >= 0.3 is 0 Å². The summed E-state index contributed by atoms with van der Waals surface area (Å²) in [5.74, 6) is 0. The Morgan fingerprint density at radius 2 is 0.308 bits per heavy atom. The Morgan fingerprint density at radius 1 is 0.231 bits per heavy atom. The number of hydrogen-bond acceptors (Lipinski definition) is 0. The van der Waals surface area contributed by atoms with Crippen LogP contribution >= 0.6 is 0 Å². The maximum atomic E-state index is 2.00. The molecule has 0 aliphatic heterocycles. The molecular weight excluding hydrogens is 192 g/mol. The van der Waals surface area contributed by atoms with E-state index in [-0.39, 0.29) is 21.7 Å². The summed E-state index contributed by atoms with van der Waals surface area (Å²) in [5, 5.41) is 0. The van der Waals surface area contributed by atoms with Gasteiger partial charge in [0.05, 0.1) is 0 Å². The van der Waals surface area contributed by atoms with Crippen molar-refractivity contribution in [1.82, 2.24) is 0 Å². The summed E-state index contributed by atoms with van der Waals surface area (Å²) in [6.45, 7) is 0. The first kappa shape index (κ1) is 12.2. The topological polar surface area (TPSA) is 0 Å². The molecule has 0 fully saturated rings. The van der Waals surface area contributed by atoms with Crippen molar-refractivity contribution in [3.05, 3.63) is 72.8 Å². The fraction of sp³-hybridized carbons (Fsp3) is 0. The average molecular weight is 204 g/mol. The van der Waals surface area contributed by atoms with Crippen molar-refractivity contribution in [3.8, 4) is 0 Å². The monoisotopic (exact) mass is 204 g/mol. The first-order chi connectivity index (χ1) is 6.00. The number of rotatable bonds is 0. The van der Waals surface area contributed by atoms with Gasteiger partial charge in [0.25, 0.3) is 0 Å². The van der Waals surface area contributed by atoms with E-state index in [1.165, 1.54) is 0 Å². The molecule has 2 rings (SSSR count). The Hall–Kier alpha value is -0.846. The summed E-state index contributed by atoms with van der Waals surface area (Å²) >= 11 is 0. The zero-order valence-corrected chi connectivity index (χ0v) is 8.99. The van der Waals surface area contributed by atoms with Crippen molar-refractivity contribution in [2.45, 2.75) is 0 Å². The molecule has 0 aliphatic carbocycles. The van der Waals surface area contributed by atoms with E-state index in [1.54, 1.807) is 0 Å². The van der Waals surface area contributed by atoms with Crippen LogP contribution in [0.3, 0.4) is 0 Å². The van der Waals surface area contributed by atoms with E-state index < -0.39 is 0 Å². The van der Waals surface area contributed by atoms with Crippen LogP contribution < -0.4 is 0 Å². The van der Waals surface area contributed by atoms with Crippen LogP contribution in [0.25, 0.3) is 0 Å². The van der Waals surface area contributed by atoms with Gasteiger partial charge in [-0.15, -0.1) is 0 Å². The van der Waals surface area contributed by atoms with Crippen LogP contribution in [0, 0.1) is 0 Å². The molecule has 0 saturated carbocycles. The summed E-state index contributed by atoms with van der Waals surface area (Å²) in [5.41, 5.74) is 0. The maximum absolute atomic E-state index is 2.00. The Labute approximate surface area is 94.5 Å². The fourth-order valence-corrected chi connectivity index (χ4v) is 0.770. The Morgan fingerprint density at radius 3 is 0.385 bits per heavy atom. The number of hydrogen-bond donors (Lipinski definition) is 0. The van der Waals surface area contributed by atoms with Gasteiger partial charge in [0, 0.05) is 21.7 Å². The van der Waals surface area contributed by atoms with Crippen molar-refractivity contribution < 1.29 is 21.7 Å². The van der Waals surface area contributed by atoms with E-state index in [0.717, 1.165) is 0 Å². The molecule has 0 saturated heterocycles. The minimum Gasteiger partial charge on any atom is -0.0623 e. The van der Waals surface area contributed by atoms with Crippen molar-refractivity contribution >= 4 is 0 Å². The quantitative estimate of drug-likeness (QED) is 0.577. The van der Waals surface area contributed by atoms with Gasteiger partial charge in [-0.05, 0) is 0 Å². The molecule has 0 aliphatic rings. The van der Waals surface area contributed by atoms with Gasteiger partial charge in [-0.2, -0.15) is 0 Å². The molecule has 0 spiro atoms. The minimum atomic E-state index is 0. The molecule has 0 unspecified atom stereocenters. The van der Waals surface area contributed by atoms with Crippen LogP contribution in [-0.2, 0) is 21.7 Å². The molecule has 13 heavy (non-hydrogen) atoms. The molecule has 64 valence electrons. The van der Waals surface area contributed by atoms with Crippen LogP contribution in [0.15, 0.2) is 72.8 Å². The maximum Gasteiger partial charge on any atom is 0 e. The second-order valence-corrected chi connectivity index (χ2v) is 2.31. The predicted molar refractivity (Wildman–Crippen MR) is 52.9 cm³/mol. The molecule has 0 amide bonds. The third-order valence-corrected chi connectivity index (χ3v) is 1.33. The molecule has 2 aromatic carbocycles. The summed E-state index contributed by atoms with van der Waals surface area (Å²) < 4.78 is 0. The standard InChI is InChI=1S/2C6H6.Ti/c2*1-2-4-6-5-3-1;/h2*1-6H;. The first-order valence-corrected chi connectivity index (χ1v) is 4.00. The van der Waals surface area contributed by atoms with Crippen LogP contribution in [0.2, 0.25) is 0 Å². The summed E-state index contributed by atoms with van der Waals surface area (Å²) in [4.78, 5) is 0. The van der Waals surface area contributed by atoms with Gasteiger partial charge in [0.15, 0.2) is 0 Å². The van der Waals surface area contributed by atoms with Crippen molar-refractivity contribution in [2.24, 2.45) is 0 Å². The van der Waals surface area contributed by atoms with Crippen molar-refractivity contribution in [1.29, 1.82) is 0 Å². The smallest absolute Gasteiger partial charge is 0 e. The third-order valence-electron chi connectivity index (χ3n) is 1.33. The Kier molecular flexibility index (Phi) is 8.64. The van der Waals surface area contributed by atoms with E-state index in [2.05, 4.69) is 0 Å². The van der Waals surface area contributed by atoms with Crippen LogP contribution in [0.1, 0.15) is 0 Å². The van der Waals surface area contributed by atoms with Gasteiger partial charge in [0.1, 0.15) is 0 Å². The summed E-state index contributed by atoms with van der Waals surface area (Å²) in [7, 11) is 0. The second-order valence-electron chi connectivity index (χ2n) is 2.31. The zero-order chi connectivity index (χ0) is 8.49.